The third kappa shape index (κ3) is 4.50. The Balaban J connectivity index is 2.15. The average molecular weight is 216 g/mol. The lowest BCUT2D eigenvalue weighted by Crippen LogP contribution is -2.25. The molecule has 0 aromatic rings. The quantitative estimate of drug-likeness (QED) is 0.550. The molecule has 0 aromatic carbocycles. The van der Waals surface area contributed by atoms with Crippen molar-refractivity contribution in [2.24, 2.45) is 0 Å². The van der Waals surface area contributed by atoms with Gasteiger partial charge in [-0.2, -0.15) is 0 Å². The van der Waals surface area contributed by atoms with Crippen molar-refractivity contribution in [3.05, 3.63) is 0 Å². The van der Waals surface area contributed by atoms with Crippen LogP contribution in [0.3, 0.4) is 0 Å². The summed E-state index contributed by atoms with van der Waals surface area (Å²) in [5.74, 6) is 5.62. The van der Waals surface area contributed by atoms with Crippen LogP contribution in [0.5, 0.6) is 0 Å². The first-order chi connectivity index (χ1) is 6.83. The Labute approximate surface area is 89.1 Å². The lowest BCUT2D eigenvalue weighted by atomic mass is 10.1. The van der Waals surface area contributed by atoms with Crippen molar-refractivity contribution in [3.8, 4) is 11.8 Å². The number of hydrogen-bond acceptors (Lipinski definition) is 2. The second kappa shape index (κ2) is 6.69. The number of hydrogen-bond donors (Lipinski definition) is 1. The molecule has 78 valence electrons. The Hall–Kier alpha value is -0.720. The number of nitrogens with one attached hydrogen (secondary N) is 1. The van der Waals surface area contributed by atoms with Crippen LogP contribution >= 0.6 is 11.6 Å². The number of alkyl halides is 1. The molecule has 1 atom stereocenters. The smallest absolute Gasteiger partial charge is 0.235 e. The summed E-state index contributed by atoms with van der Waals surface area (Å²) in [6, 6.07) is 0. The van der Waals surface area contributed by atoms with E-state index in [1.54, 1.807) is 0 Å². The Kier molecular flexibility index (Phi) is 5.43. The van der Waals surface area contributed by atoms with E-state index in [-0.39, 0.29) is 17.9 Å². The molecule has 1 N–H and O–H groups in total. The van der Waals surface area contributed by atoms with Crippen molar-refractivity contribution in [2.45, 2.75) is 25.4 Å². The average Bonchev–Trinajstić information content (AvgIpc) is 2.25. The van der Waals surface area contributed by atoms with E-state index >= 15 is 0 Å². The highest BCUT2D eigenvalue weighted by atomic mass is 35.5. The van der Waals surface area contributed by atoms with E-state index in [1.165, 1.54) is 6.42 Å². The summed E-state index contributed by atoms with van der Waals surface area (Å²) in [4.78, 5) is 10.7. The van der Waals surface area contributed by atoms with Crippen molar-refractivity contribution in [1.82, 2.24) is 5.32 Å². The van der Waals surface area contributed by atoms with Crippen LogP contribution < -0.4 is 5.32 Å². The number of ether oxygens (including phenoxy) is 1. The zero-order valence-corrected chi connectivity index (χ0v) is 8.77. The van der Waals surface area contributed by atoms with Gasteiger partial charge < -0.3 is 10.1 Å². The standard InChI is InChI=1S/C10H14ClNO2/c11-8-10(13)12-6-3-5-9-4-1-2-7-14-9/h9H,1-2,4,6-8H2,(H,12,13). The second-order valence-electron chi connectivity index (χ2n) is 3.09. The maximum atomic E-state index is 10.7. The molecule has 0 bridgehead atoms. The lowest BCUT2D eigenvalue weighted by Gasteiger charge is -2.17. The van der Waals surface area contributed by atoms with Crippen LogP contribution in [0.25, 0.3) is 0 Å². The molecule has 1 fully saturated rings. The van der Waals surface area contributed by atoms with Gasteiger partial charge in [0, 0.05) is 6.61 Å². The molecule has 0 radical (unpaired) electrons. The zero-order chi connectivity index (χ0) is 10.2. The van der Waals surface area contributed by atoms with Gasteiger partial charge in [0.15, 0.2) is 0 Å². The van der Waals surface area contributed by atoms with E-state index < -0.39 is 0 Å². The lowest BCUT2D eigenvalue weighted by molar-refractivity contribution is -0.118. The van der Waals surface area contributed by atoms with Crippen molar-refractivity contribution < 1.29 is 9.53 Å². The molecular weight excluding hydrogens is 202 g/mol. The van der Waals surface area contributed by atoms with E-state index in [0.717, 1.165) is 19.4 Å². The van der Waals surface area contributed by atoms with Gasteiger partial charge in [-0.3, -0.25) is 4.79 Å². The number of carbonyl (C=O) groups excluding carboxylic acids is 1. The van der Waals surface area contributed by atoms with Crippen LogP contribution in [0.2, 0.25) is 0 Å². The molecule has 14 heavy (non-hydrogen) atoms. The number of rotatable bonds is 2. The van der Waals surface area contributed by atoms with Crippen LogP contribution in [0, 0.1) is 11.8 Å². The van der Waals surface area contributed by atoms with Crippen LogP contribution in [0.4, 0.5) is 0 Å². The van der Waals surface area contributed by atoms with Gasteiger partial charge in [-0.25, -0.2) is 0 Å². The molecule has 0 aliphatic carbocycles. The SMILES string of the molecule is O=C(CCl)NCC#CC1CCCCO1. The molecule has 1 amide bonds. The fraction of sp³-hybridized carbons (Fsp3) is 0.700. The molecule has 4 heteroatoms. The molecule has 1 aliphatic rings. The first kappa shape index (κ1) is 11.4. The highest BCUT2D eigenvalue weighted by molar-refractivity contribution is 6.27. The Bertz CT molecular complexity index is 238. The topological polar surface area (TPSA) is 38.3 Å². The first-order valence-corrected chi connectivity index (χ1v) is 5.29. The fourth-order valence-electron chi connectivity index (χ4n) is 1.21. The van der Waals surface area contributed by atoms with Crippen LogP contribution in [0.1, 0.15) is 19.3 Å². The summed E-state index contributed by atoms with van der Waals surface area (Å²) in [5.41, 5.74) is 0. The molecule has 1 heterocycles. The maximum absolute atomic E-state index is 10.7. The van der Waals surface area contributed by atoms with Gasteiger partial charge in [-0.15, -0.1) is 11.6 Å². The molecular formula is C10H14ClNO2. The van der Waals surface area contributed by atoms with Crippen molar-refractivity contribution in [3.63, 3.8) is 0 Å². The molecule has 1 aliphatic heterocycles. The van der Waals surface area contributed by atoms with Gasteiger partial charge in [-0.05, 0) is 19.3 Å². The predicted octanol–water partition coefficient (Wildman–Crippen LogP) is 0.914. The Morgan fingerprint density at radius 1 is 1.57 bits per heavy atom. The van der Waals surface area contributed by atoms with E-state index in [4.69, 9.17) is 16.3 Å². The van der Waals surface area contributed by atoms with Gasteiger partial charge in [0.25, 0.3) is 0 Å². The molecule has 0 aromatic heterocycles. The van der Waals surface area contributed by atoms with Crippen LogP contribution in [0.15, 0.2) is 0 Å². The van der Waals surface area contributed by atoms with E-state index in [0.29, 0.717) is 6.54 Å². The van der Waals surface area contributed by atoms with E-state index in [9.17, 15) is 4.79 Å². The van der Waals surface area contributed by atoms with Crippen LogP contribution in [-0.4, -0.2) is 31.0 Å². The van der Waals surface area contributed by atoms with Crippen molar-refractivity contribution >= 4 is 17.5 Å². The third-order valence-electron chi connectivity index (χ3n) is 1.94. The van der Waals surface area contributed by atoms with Gasteiger partial charge >= 0.3 is 0 Å². The summed E-state index contributed by atoms with van der Waals surface area (Å²) >= 11 is 5.29. The second-order valence-corrected chi connectivity index (χ2v) is 3.35. The minimum atomic E-state index is -0.189. The van der Waals surface area contributed by atoms with E-state index in [2.05, 4.69) is 17.2 Å². The third-order valence-corrected chi connectivity index (χ3v) is 2.18. The molecule has 1 rings (SSSR count). The molecule has 0 spiro atoms. The summed E-state index contributed by atoms with van der Waals surface area (Å²) in [7, 11) is 0. The van der Waals surface area contributed by atoms with Gasteiger partial charge in [0.05, 0.1) is 6.54 Å². The minimum absolute atomic E-state index is 0.0123. The Morgan fingerprint density at radius 3 is 3.07 bits per heavy atom. The van der Waals surface area contributed by atoms with Crippen molar-refractivity contribution in [1.29, 1.82) is 0 Å². The summed E-state index contributed by atoms with van der Waals surface area (Å²) < 4.78 is 5.40. The molecule has 3 nitrogen and oxygen atoms in total. The highest BCUT2D eigenvalue weighted by Crippen LogP contribution is 2.10. The van der Waals surface area contributed by atoms with Gasteiger partial charge in [0.2, 0.25) is 5.91 Å². The normalized spacial score (nSPS) is 20.8. The van der Waals surface area contributed by atoms with Gasteiger partial charge in [-0.1, -0.05) is 11.8 Å². The van der Waals surface area contributed by atoms with E-state index in [1.807, 2.05) is 0 Å². The molecule has 1 unspecified atom stereocenters. The number of halogens is 1. The monoisotopic (exact) mass is 215 g/mol. The van der Waals surface area contributed by atoms with Gasteiger partial charge in [0.1, 0.15) is 12.0 Å². The van der Waals surface area contributed by atoms with Crippen molar-refractivity contribution in [2.75, 3.05) is 19.0 Å². The predicted molar refractivity (Wildman–Crippen MR) is 55.1 cm³/mol. The number of carbonyl (C=O) groups is 1. The summed E-state index contributed by atoms with van der Waals surface area (Å²) in [5, 5.41) is 2.57. The summed E-state index contributed by atoms with van der Waals surface area (Å²) in [6.45, 7) is 1.15. The molecule has 1 saturated heterocycles. The maximum Gasteiger partial charge on any atom is 0.235 e. The summed E-state index contributed by atoms with van der Waals surface area (Å²) in [6.07, 6.45) is 3.35. The first-order valence-electron chi connectivity index (χ1n) is 4.75. The van der Waals surface area contributed by atoms with Crippen LogP contribution in [-0.2, 0) is 9.53 Å². The Morgan fingerprint density at radius 2 is 2.43 bits per heavy atom. The highest BCUT2D eigenvalue weighted by Gasteiger charge is 2.09. The largest absolute Gasteiger partial charge is 0.366 e. The zero-order valence-electron chi connectivity index (χ0n) is 8.01. The number of amides is 1. The molecule has 0 saturated carbocycles. The fourth-order valence-corrected chi connectivity index (χ4v) is 1.30. The minimum Gasteiger partial charge on any atom is -0.366 e.